The van der Waals surface area contributed by atoms with Crippen LogP contribution >= 0.6 is 0 Å². The highest BCUT2D eigenvalue weighted by Crippen LogP contribution is 2.29. The molecule has 31 heavy (non-hydrogen) atoms. The highest BCUT2D eigenvalue weighted by molar-refractivity contribution is 6.01. The van der Waals surface area contributed by atoms with Gasteiger partial charge in [0.2, 0.25) is 0 Å². The Morgan fingerprint density at radius 2 is 1.84 bits per heavy atom. The highest BCUT2D eigenvalue weighted by atomic mass is 16.5. The number of para-hydroxylation sites is 2. The van der Waals surface area contributed by atoms with Crippen molar-refractivity contribution in [2.75, 3.05) is 31.7 Å². The van der Waals surface area contributed by atoms with Gasteiger partial charge < -0.3 is 14.4 Å². The minimum Gasteiger partial charge on any atom is -0.490 e. The lowest BCUT2D eigenvalue weighted by Crippen LogP contribution is -2.38. The van der Waals surface area contributed by atoms with Crippen LogP contribution < -0.4 is 14.9 Å². The summed E-state index contributed by atoms with van der Waals surface area (Å²) in [6, 6.07) is 12.5. The van der Waals surface area contributed by atoms with Crippen LogP contribution in [0.4, 0.5) is 0 Å². The summed E-state index contributed by atoms with van der Waals surface area (Å²) in [5.41, 5.74) is 4.83. The number of fused-ring (bicyclic) bond motifs is 1. The Morgan fingerprint density at radius 1 is 1.03 bits per heavy atom. The van der Waals surface area contributed by atoms with Gasteiger partial charge in [0.25, 0.3) is 11.8 Å². The minimum atomic E-state index is -0.306. The van der Waals surface area contributed by atoms with Gasteiger partial charge in [-0.2, -0.15) is 0 Å². The van der Waals surface area contributed by atoms with Crippen LogP contribution in [0, 0.1) is 0 Å². The van der Waals surface area contributed by atoms with E-state index >= 15 is 0 Å². The standard InChI is InChI=1S/C23H26N4O4/c1-2-30-21-14-17(23(29)25-27-16-24-18-8-4-5-9-19(18)27)10-11-20(21)31-15-22(28)26-12-6-3-7-13-26/h4-5,8-11,14,16H,2-3,6-7,12-13,15H2,1H3,(H,25,29). The highest BCUT2D eigenvalue weighted by Gasteiger charge is 2.18. The molecule has 2 aromatic carbocycles. The van der Waals surface area contributed by atoms with Crippen molar-refractivity contribution in [2.45, 2.75) is 26.2 Å². The third-order valence-corrected chi connectivity index (χ3v) is 5.24. The molecule has 1 aliphatic heterocycles. The van der Waals surface area contributed by atoms with Crippen LogP contribution in [0.3, 0.4) is 0 Å². The van der Waals surface area contributed by atoms with E-state index in [1.807, 2.05) is 36.1 Å². The first-order chi connectivity index (χ1) is 15.2. The molecule has 1 aromatic heterocycles. The number of likely N-dealkylation sites (tertiary alicyclic amines) is 1. The van der Waals surface area contributed by atoms with Crippen LogP contribution in [-0.4, -0.2) is 52.7 Å². The molecule has 1 N–H and O–H groups in total. The second-order valence-electron chi connectivity index (χ2n) is 7.37. The summed E-state index contributed by atoms with van der Waals surface area (Å²) in [5.74, 6) is 0.532. The van der Waals surface area contributed by atoms with Gasteiger partial charge in [0.05, 0.1) is 17.6 Å². The van der Waals surface area contributed by atoms with Crippen molar-refractivity contribution < 1.29 is 19.1 Å². The van der Waals surface area contributed by atoms with Gasteiger partial charge in [-0.15, -0.1) is 0 Å². The van der Waals surface area contributed by atoms with Gasteiger partial charge in [-0.05, 0) is 56.5 Å². The number of benzene rings is 2. The van der Waals surface area contributed by atoms with E-state index in [4.69, 9.17) is 9.47 Å². The van der Waals surface area contributed by atoms with E-state index in [1.54, 1.807) is 29.2 Å². The molecule has 0 saturated carbocycles. The molecule has 2 heterocycles. The number of nitrogens with one attached hydrogen (secondary N) is 1. The van der Waals surface area contributed by atoms with E-state index in [2.05, 4.69) is 10.4 Å². The predicted octanol–water partition coefficient (Wildman–Crippen LogP) is 3.21. The number of hydrogen-bond acceptors (Lipinski definition) is 5. The Morgan fingerprint density at radius 3 is 2.65 bits per heavy atom. The number of piperidine rings is 1. The molecule has 1 saturated heterocycles. The zero-order chi connectivity index (χ0) is 21.6. The quantitative estimate of drug-likeness (QED) is 0.632. The largest absolute Gasteiger partial charge is 0.490 e. The van der Waals surface area contributed by atoms with Gasteiger partial charge in [0, 0.05) is 18.7 Å². The number of rotatable bonds is 7. The Bertz CT molecular complexity index is 1070. The first-order valence-electron chi connectivity index (χ1n) is 10.6. The number of carbonyl (C=O) groups is 2. The summed E-state index contributed by atoms with van der Waals surface area (Å²) >= 11 is 0. The maximum Gasteiger partial charge on any atom is 0.270 e. The molecule has 1 aliphatic rings. The molecule has 3 aromatic rings. The summed E-state index contributed by atoms with van der Waals surface area (Å²) < 4.78 is 13.0. The second kappa shape index (κ2) is 9.51. The summed E-state index contributed by atoms with van der Waals surface area (Å²) in [6.45, 7) is 3.78. The second-order valence-corrected chi connectivity index (χ2v) is 7.37. The SMILES string of the molecule is CCOc1cc(C(=O)Nn2cnc3ccccc32)ccc1OCC(=O)N1CCCCC1. The fourth-order valence-electron chi connectivity index (χ4n) is 3.63. The normalized spacial score (nSPS) is 13.8. The molecule has 4 rings (SSSR count). The number of nitrogens with zero attached hydrogens (tertiary/aromatic N) is 3. The Kier molecular flexibility index (Phi) is 6.35. The smallest absolute Gasteiger partial charge is 0.270 e. The van der Waals surface area contributed by atoms with Crippen molar-refractivity contribution in [3.8, 4) is 11.5 Å². The topological polar surface area (TPSA) is 85.7 Å². The van der Waals surface area contributed by atoms with Crippen molar-refractivity contribution in [3.63, 3.8) is 0 Å². The summed E-state index contributed by atoms with van der Waals surface area (Å²) in [7, 11) is 0. The van der Waals surface area contributed by atoms with Crippen molar-refractivity contribution in [3.05, 3.63) is 54.4 Å². The van der Waals surface area contributed by atoms with Crippen LogP contribution in [0.1, 0.15) is 36.5 Å². The van der Waals surface area contributed by atoms with Crippen molar-refractivity contribution in [1.29, 1.82) is 0 Å². The molecular formula is C23H26N4O4. The fraction of sp³-hybridized carbons (Fsp3) is 0.348. The average Bonchev–Trinajstić information content (AvgIpc) is 3.21. The number of carbonyl (C=O) groups excluding carboxylic acids is 2. The molecule has 0 bridgehead atoms. The predicted molar refractivity (Wildman–Crippen MR) is 117 cm³/mol. The number of ether oxygens (including phenoxy) is 2. The van der Waals surface area contributed by atoms with Crippen LogP contribution in [0.2, 0.25) is 0 Å². The fourth-order valence-corrected chi connectivity index (χ4v) is 3.63. The van der Waals surface area contributed by atoms with Gasteiger partial charge in [-0.3, -0.25) is 15.0 Å². The van der Waals surface area contributed by atoms with E-state index in [9.17, 15) is 9.59 Å². The van der Waals surface area contributed by atoms with Gasteiger partial charge in [-0.1, -0.05) is 12.1 Å². The van der Waals surface area contributed by atoms with E-state index in [0.29, 0.717) is 23.7 Å². The summed E-state index contributed by atoms with van der Waals surface area (Å²) in [5, 5.41) is 0. The van der Waals surface area contributed by atoms with Gasteiger partial charge in [0.1, 0.15) is 6.33 Å². The van der Waals surface area contributed by atoms with Crippen molar-refractivity contribution >= 4 is 22.8 Å². The molecule has 0 atom stereocenters. The number of aromatic nitrogens is 2. The first-order valence-corrected chi connectivity index (χ1v) is 10.6. The maximum atomic E-state index is 12.8. The first kappa shape index (κ1) is 20.7. The average molecular weight is 422 g/mol. The molecule has 0 aliphatic carbocycles. The van der Waals surface area contributed by atoms with E-state index in [1.165, 1.54) is 0 Å². The Balaban J connectivity index is 1.45. The molecule has 1 fully saturated rings. The van der Waals surface area contributed by atoms with Crippen molar-refractivity contribution in [1.82, 2.24) is 14.6 Å². The van der Waals surface area contributed by atoms with Crippen LogP contribution in [0.25, 0.3) is 11.0 Å². The zero-order valence-corrected chi connectivity index (χ0v) is 17.5. The molecular weight excluding hydrogens is 396 g/mol. The van der Waals surface area contributed by atoms with Gasteiger partial charge in [-0.25, -0.2) is 9.66 Å². The van der Waals surface area contributed by atoms with E-state index in [-0.39, 0.29) is 18.4 Å². The lowest BCUT2D eigenvalue weighted by atomic mass is 10.1. The molecule has 0 spiro atoms. The maximum absolute atomic E-state index is 12.8. The summed E-state index contributed by atoms with van der Waals surface area (Å²) in [4.78, 5) is 31.3. The van der Waals surface area contributed by atoms with E-state index < -0.39 is 0 Å². The molecule has 0 unspecified atom stereocenters. The molecule has 162 valence electrons. The number of imidazole rings is 1. The van der Waals surface area contributed by atoms with Crippen molar-refractivity contribution in [2.24, 2.45) is 0 Å². The third kappa shape index (κ3) is 4.79. The monoisotopic (exact) mass is 422 g/mol. The Hall–Kier alpha value is -3.55. The summed E-state index contributed by atoms with van der Waals surface area (Å²) in [6.07, 6.45) is 4.80. The number of hydrogen-bond donors (Lipinski definition) is 1. The van der Waals surface area contributed by atoms with E-state index in [0.717, 1.165) is 43.4 Å². The molecule has 8 heteroatoms. The third-order valence-electron chi connectivity index (χ3n) is 5.24. The molecule has 8 nitrogen and oxygen atoms in total. The Labute approximate surface area is 180 Å². The molecule has 2 amide bonds. The molecule has 0 radical (unpaired) electrons. The van der Waals surface area contributed by atoms with Crippen LogP contribution in [0.5, 0.6) is 11.5 Å². The lowest BCUT2D eigenvalue weighted by molar-refractivity contribution is -0.134. The zero-order valence-electron chi connectivity index (χ0n) is 17.5. The van der Waals surface area contributed by atoms with Crippen LogP contribution in [-0.2, 0) is 4.79 Å². The van der Waals surface area contributed by atoms with Gasteiger partial charge in [0.15, 0.2) is 18.1 Å². The number of amides is 2. The van der Waals surface area contributed by atoms with Gasteiger partial charge >= 0.3 is 0 Å². The lowest BCUT2D eigenvalue weighted by Gasteiger charge is -2.26. The minimum absolute atomic E-state index is 0.0315. The van der Waals surface area contributed by atoms with Crippen LogP contribution in [0.15, 0.2) is 48.8 Å².